The molecule has 32 heavy (non-hydrogen) atoms. The van der Waals surface area contributed by atoms with E-state index < -0.39 is 18.6 Å². The number of rotatable bonds is 8. The van der Waals surface area contributed by atoms with Crippen LogP contribution in [0, 0.1) is 12.7 Å². The van der Waals surface area contributed by atoms with Crippen LogP contribution in [0.3, 0.4) is 0 Å². The first-order valence-electron chi connectivity index (χ1n) is 9.37. The number of nitrogens with zero attached hydrogens (tertiary/aromatic N) is 4. The monoisotopic (exact) mass is 453 g/mol. The van der Waals surface area contributed by atoms with Crippen LogP contribution in [0.2, 0.25) is 0 Å². The number of aromatic nitrogens is 4. The van der Waals surface area contributed by atoms with Crippen molar-refractivity contribution >= 4 is 11.6 Å². The summed E-state index contributed by atoms with van der Waals surface area (Å²) in [6.45, 7) is 0.174. The van der Waals surface area contributed by atoms with Crippen molar-refractivity contribution < 1.29 is 31.8 Å². The molecule has 3 rings (SSSR count). The first-order chi connectivity index (χ1) is 15.2. The van der Waals surface area contributed by atoms with E-state index in [9.17, 15) is 22.4 Å². The predicted molar refractivity (Wildman–Crippen MR) is 105 cm³/mol. The van der Waals surface area contributed by atoms with E-state index in [0.717, 1.165) is 0 Å². The number of alkyl halides is 3. The number of carbonyl (C=O) groups excluding carboxylic acids is 1. The van der Waals surface area contributed by atoms with Gasteiger partial charge in [-0.25, -0.2) is 4.39 Å². The number of aryl methyl sites for hydroxylation is 2. The quantitative estimate of drug-likeness (QED) is 0.524. The van der Waals surface area contributed by atoms with E-state index in [0.29, 0.717) is 23.5 Å². The molecule has 0 saturated heterocycles. The smallest absolute Gasteiger partial charge is 0.422 e. The maximum absolute atomic E-state index is 14.1. The number of amides is 1. The van der Waals surface area contributed by atoms with Gasteiger partial charge in [0.2, 0.25) is 5.91 Å². The third kappa shape index (κ3) is 5.93. The number of nitrogens with one attached hydrogen (secondary N) is 1. The summed E-state index contributed by atoms with van der Waals surface area (Å²) in [4.78, 5) is 12.3. The van der Waals surface area contributed by atoms with Gasteiger partial charge in [0.1, 0.15) is 11.5 Å². The highest BCUT2D eigenvalue weighted by molar-refractivity contribution is 5.91. The van der Waals surface area contributed by atoms with Gasteiger partial charge in [-0.3, -0.25) is 4.79 Å². The number of benzene rings is 2. The van der Waals surface area contributed by atoms with Crippen molar-refractivity contribution in [2.75, 3.05) is 19.0 Å². The lowest BCUT2D eigenvalue weighted by molar-refractivity contribution is -0.153. The molecule has 1 heterocycles. The average molecular weight is 453 g/mol. The van der Waals surface area contributed by atoms with Crippen molar-refractivity contribution in [1.82, 2.24) is 20.2 Å². The lowest BCUT2D eigenvalue weighted by Gasteiger charge is -2.13. The Balaban J connectivity index is 1.62. The van der Waals surface area contributed by atoms with Crippen molar-refractivity contribution in [1.29, 1.82) is 0 Å². The van der Waals surface area contributed by atoms with Crippen LogP contribution in [-0.2, 0) is 11.2 Å². The second kappa shape index (κ2) is 9.62. The minimum absolute atomic E-state index is 0.0465. The molecule has 0 aliphatic carbocycles. The Kier molecular flexibility index (Phi) is 6.91. The highest BCUT2D eigenvalue weighted by atomic mass is 19.4. The zero-order valence-corrected chi connectivity index (χ0v) is 17.1. The second-order valence-corrected chi connectivity index (χ2v) is 6.74. The lowest BCUT2D eigenvalue weighted by Crippen LogP contribution is -2.19. The van der Waals surface area contributed by atoms with Crippen molar-refractivity contribution in [2.24, 2.45) is 0 Å². The van der Waals surface area contributed by atoms with Gasteiger partial charge in [0.25, 0.3) is 0 Å². The molecule has 12 heteroatoms. The van der Waals surface area contributed by atoms with Gasteiger partial charge in [-0.15, -0.1) is 5.10 Å². The van der Waals surface area contributed by atoms with Crippen LogP contribution in [0.5, 0.6) is 11.5 Å². The van der Waals surface area contributed by atoms with Gasteiger partial charge in [-0.1, -0.05) is 6.07 Å². The summed E-state index contributed by atoms with van der Waals surface area (Å²) in [5.74, 6) is -0.434. The fraction of sp³-hybridized carbons (Fsp3) is 0.300. The second-order valence-electron chi connectivity index (χ2n) is 6.74. The normalized spacial score (nSPS) is 11.3. The molecule has 8 nitrogen and oxygen atoms in total. The van der Waals surface area contributed by atoms with Crippen molar-refractivity contribution in [3.8, 4) is 17.2 Å². The summed E-state index contributed by atoms with van der Waals surface area (Å²) in [5.41, 5.74) is 1.11. The van der Waals surface area contributed by atoms with Gasteiger partial charge in [0.15, 0.2) is 23.9 Å². The molecule has 0 atom stereocenters. The molecule has 0 unspecified atom stereocenters. The Morgan fingerprint density at radius 1 is 1.16 bits per heavy atom. The summed E-state index contributed by atoms with van der Waals surface area (Å²) in [7, 11) is 1.31. The Morgan fingerprint density at radius 2 is 1.94 bits per heavy atom. The fourth-order valence-electron chi connectivity index (χ4n) is 2.83. The number of halogens is 4. The Hall–Kier alpha value is -3.70. The highest BCUT2D eigenvalue weighted by Gasteiger charge is 2.29. The molecule has 0 fully saturated rings. The molecular formula is C20H19F4N5O3. The first-order valence-corrected chi connectivity index (χ1v) is 9.37. The predicted octanol–water partition coefficient (Wildman–Crippen LogP) is 3.63. The minimum atomic E-state index is -4.47. The third-order valence-corrected chi connectivity index (χ3v) is 4.34. The standard InChI is InChI=1S/C20H19F4N5O3/c1-12-26-27-28-29(12)16-10-14(5-6-15(16)21)25-19(30)8-4-13-3-7-17(18(9-13)31-2)32-11-20(22,23)24/h3,5-7,9-10H,4,8,11H2,1-2H3,(H,25,30). The van der Waals surface area contributed by atoms with E-state index in [1.165, 1.54) is 42.1 Å². The SMILES string of the molecule is COc1cc(CCC(=O)Nc2ccc(F)c(-n3nnnc3C)c2)ccc1OCC(F)(F)F. The molecule has 0 aliphatic heterocycles. The summed E-state index contributed by atoms with van der Waals surface area (Å²) in [5, 5.41) is 13.6. The molecule has 0 spiro atoms. The van der Waals surface area contributed by atoms with Crippen LogP contribution >= 0.6 is 0 Å². The number of ether oxygens (including phenoxy) is 2. The number of tetrazole rings is 1. The maximum Gasteiger partial charge on any atom is 0.422 e. The van der Waals surface area contributed by atoms with Crippen LogP contribution in [0.4, 0.5) is 23.2 Å². The Morgan fingerprint density at radius 3 is 2.59 bits per heavy atom. The molecule has 0 aliphatic rings. The largest absolute Gasteiger partial charge is 0.493 e. The molecule has 3 aromatic rings. The van der Waals surface area contributed by atoms with E-state index >= 15 is 0 Å². The maximum atomic E-state index is 14.1. The molecule has 2 aromatic carbocycles. The zero-order chi connectivity index (χ0) is 23.3. The van der Waals surface area contributed by atoms with Crippen molar-refractivity contribution in [3.63, 3.8) is 0 Å². The topological polar surface area (TPSA) is 91.2 Å². The van der Waals surface area contributed by atoms with Crippen LogP contribution < -0.4 is 14.8 Å². The van der Waals surface area contributed by atoms with Crippen LogP contribution in [0.15, 0.2) is 36.4 Å². The number of hydrogen-bond acceptors (Lipinski definition) is 6. The molecular weight excluding hydrogens is 434 g/mol. The number of hydrogen-bond donors (Lipinski definition) is 1. The molecule has 1 aromatic heterocycles. The summed E-state index contributed by atoms with van der Waals surface area (Å²) >= 11 is 0. The number of anilines is 1. The molecule has 1 amide bonds. The lowest BCUT2D eigenvalue weighted by atomic mass is 10.1. The summed E-state index contributed by atoms with van der Waals surface area (Å²) < 4.78 is 62.2. The van der Waals surface area contributed by atoms with Crippen LogP contribution in [0.1, 0.15) is 17.8 Å². The Labute approximate surface area is 180 Å². The number of carbonyl (C=O) groups is 1. The van der Waals surface area contributed by atoms with E-state index in [4.69, 9.17) is 9.47 Å². The van der Waals surface area contributed by atoms with Crippen LogP contribution in [0.25, 0.3) is 5.69 Å². The number of methoxy groups -OCH3 is 1. The van der Waals surface area contributed by atoms with Crippen LogP contribution in [-0.4, -0.2) is 46.0 Å². The first kappa shape index (κ1) is 23.0. The average Bonchev–Trinajstić information content (AvgIpc) is 3.17. The van der Waals surface area contributed by atoms with Gasteiger partial charge >= 0.3 is 6.18 Å². The van der Waals surface area contributed by atoms with Crippen molar-refractivity contribution in [3.05, 3.63) is 53.6 Å². The molecule has 0 bridgehead atoms. The summed E-state index contributed by atoms with van der Waals surface area (Å²) in [6, 6.07) is 8.43. The third-order valence-electron chi connectivity index (χ3n) is 4.34. The highest BCUT2D eigenvalue weighted by Crippen LogP contribution is 2.30. The van der Waals surface area contributed by atoms with Gasteiger partial charge in [0.05, 0.1) is 7.11 Å². The van der Waals surface area contributed by atoms with E-state index in [1.807, 2.05) is 0 Å². The van der Waals surface area contributed by atoms with Gasteiger partial charge in [-0.2, -0.15) is 17.9 Å². The Bertz CT molecular complexity index is 1100. The summed E-state index contributed by atoms with van der Waals surface area (Å²) in [6.07, 6.45) is -4.10. The molecule has 1 N–H and O–H groups in total. The van der Waals surface area contributed by atoms with E-state index in [-0.39, 0.29) is 29.5 Å². The molecule has 0 saturated carbocycles. The molecule has 170 valence electrons. The van der Waals surface area contributed by atoms with Gasteiger partial charge in [-0.05, 0) is 59.7 Å². The minimum Gasteiger partial charge on any atom is -0.493 e. The van der Waals surface area contributed by atoms with E-state index in [2.05, 4.69) is 20.8 Å². The fourth-order valence-corrected chi connectivity index (χ4v) is 2.83. The van der Waals surface area contributed by atoms with E-state index in [1.54, 1.807) is 13.0 Å². The zero-order valence-electron chi connectivity index (χ0n) is 17.1. The van der Waals surface area contributed by atoms with Gasteiger partial charge < -0.3 is 14.8 Å². The van der Waals surface area contributed by atoms with Crippen molar-refractivity contribution in [2.45, 2.75) is 25.9 Å². The molecule has 0 radical (unpaired) electrons. The van der Waals surface area contributed by atoms with Gasteiger partial charge in [0, 0.05) is 12.1 Å².